The van der Waals surface area contributed by atoms with E-state index in [4.69, 9.17) is 9.84 Å². The zero-order valence-corrected chi connectivity index (χ0v) is 12.1. The van der Waals surface area contributed by atoms with Crippen molar-refractivity contribution in [3.8, 4) is 0 Å². The molecule has 0 spiro atoms. The van der Waals surface area contributed by atoms with E-state index in [0.717, 1.165) is 18.8 Å². The van der Waals surface area contributed by atoms with Crippen LogP contribution >= 0.6 is 0 Å². The molecule has 1 aromatic carbocycles. The number of ether oxygens (including phenoxy) is 1. The van der Waals surface area contributed by atoms with Gasteiger partial charge in [-0.3, -0.25) is 9.59 Å². The van der Waals surface area contributed by atoms with Crippen LogP contribution in [0.15, 0.2) is 24.3 Å². The van der Waals surface area contributed by atoms with Crippen molar-refractivity contribution in [1.82, 2.24) is 4.90 Å². The van der Waals surface area contributed by atoms with Gasteiger partial charge in [-0.25, -0.2) is 0 Å². The summed E-state index contributed by atoms with van der Waals surface area (Å²) < 4.78 is 5.33. The van der Waals surface area contributed by atoms with E-state index in [1.54, 1.807) is 13.1 Å². The van der Waals surface area contributed by atoms with Crippen LogP contribution in [-0.2, 0) is 9.53 Å². The van der Waals surface area contributed by atoms with Crippen LogP contribution in [0, 0.1) is 0 Å². The molecule has 1 aliphatic rings. The molecular weight excluding hydrogens is 272 g/mol. The number of anilines is 1. The molecule has 0 unspecified atom stereocenters. The molecular formula is C15H20N2O4. The van der Waals surface area contributed by atoms with Crippen molar-refractivity contribution in [1.29, 1.82) is 0 Å². The highest BCUT2D eigenvalue weighted by molar-refractivity contribution is 5.99. The Morgan fingerprint density at radius 1 is 1.29 bits per heavy atom. The standard InChI is InChI=1S/C15H20N2O4/c1-16(7-6-14(18)19)15(20)12-4-2-3-5-13(12)17-8-10-21-11-9-17/h2-5H,6-11H2,1H3,(H,18,19). The number of hydrogen-bond donors (Lipinski definition) is 1. The predicted octanol–water partition coefficient (Wildman–Crippen LogP) is 1.07. The van der Waals surface area contributed by atoms with Crippen LogP contribution in [0.3, 0.4) is 0 Å². The molecule has 0 bridgehead atoms. The molecule has 6 heteroatoms. The second kappa shape index (κ2) is 7.08. The normalized spacial score (nSPS) is 14.8. The highest BCUT2D eigenvalue weighted by Crippen LogP contribution is 2.22. The molecule has 1 aromatic rings. The number of carbonyl (C=O) groups is 2. The summed E-state index contributed by atoms with van der Waals surface area (Å²) in [6.07, 6.45) is -0.0536. The number of para-hydroxylation sites is 1. The first-order valence-electron chi connectivity index (χ1n) is 6.98. The van der Waals surface area contributed by atoms with E-state index in [2.05, 4.69) is 4.90 Å². The second-order valence-electron chi connectivity index (χ2n) is 4.99. The van der Waals surface area contributed by atoms with Crippen molar-refractivity contribution < 1.29 is 19.4 Å². The molecule has 0 radical (unpaired) electrons. The number of carboxylic acid groups (broad SMARTS) is 1. The van der Waals surface area contributed by atoms with Crippen LogP contribution in [0.4, 0.5) is 5.69 Å². The molecule has 1 heterocycles. The van der Waals surface area contributed by atoms with Gasteiger partial charge < -0.3 is 19.6 Å². The minimum atomic E-state index is -0.906. The lowest BCUT2D eigenvalue weighted by Crippen LogP contribution is -2.38. The van der Waals surface area contributed by atoms with Crippen molar-refractivity contribution in [2.75, 3.05) is 44.8 Å². The zero-order valence-electron chi connectivity index (χ0n) is 12.1. The lowest BCUT2D eigenvalue weighted by atomic mass is 10.1. The molecule has 21 heavy (non-hydrogen) atoms. The number of carbonyl (C=O) groups excluding carboxylic acids is 1. The Labute approximate surface area is 123 Å². The van der Waals surface area contributed by atoms with Crippen molar-refractivity contribution in [3.05, 3.63) is 29.8 Å². The van der Waals surface area contributed by atoms with Crippen LogP contribution in [0.1, 0.15) is 16.8 Å². The van der Waals surface area contributed by atoms with E-state index in [0.29, 0.717) is 18.8 Å². The molecule has 1 N–H and O–H groups in total. The molecule has 1 saturated heterocycles. The van der Waals surface area contributed by atoms with E-state index in [1.807, 2.05) is 18.2 Å². The Balaban J connectivity index is 2.14. The highest BCUT2D eigenvalue weighted by atomic mass is 16.5. The van der Waals surface area contributed by atoms with Gasteiger partial charge in [-0.1, -0.05) is 12.1 Å². The minimum absolute atomic E-state index is 0.0536. The largest absolute Gasteiger partial charge is 0.481 e. The first-order valence-corrected chi connectivity index (χ1v) is 6.98. The van der Waals surface area contributed by atoms with Crippen LogP contribution in [0.25, 0.3) is 0 Å². The average molecular weight is 292 g/mol. The van der Waals surface area contributed by atoms with Crippen molar-refractivity contribution in [3.63, 3.8) is 0 Å². The first kappa shape index (κ1) is 15.3. The molecule has 114 valence electrons. The van der Waals surface area contributed by atoms with Crippen LogP contribution in [0.2, 0.25) is 0 Å². The van der Waals surface area contributed by atoms with Crippen molar-refractivity contribution in [2.45, 2.75) is 6.42 Å². The lowest BCUT2D eigenvalue weighted by Gasteiger charge is -2.31. The first-order chi connectivity index (χ1) is 10.1. The van der Waals surface area contributed by atoms with Gasteiger partial charge in [-0.05, 0) is 12.1 Å². The summed E-state index contributed by atoms with van der Waals surface area (Å²) in [7, 11) is 1.63. The summed E-state index contributed by atoms with van der Waals surface area (Å²) >= 11 is 0. The van der Waals surface area contributed by atoms with Gasteiger partial charge in [0.05, 0.1) is 25.2 Å². The van der Waals surface area contributed by atoms with Crippen LogP contribution in [0.5, 0.6) is 0 Å². The number of aliphatic carboxylic acids is 1. The summed E-state index contributed by atoms with van der Waals surface area (Å²) in [4.78, 5) is 26.7. The molecule has 1 aliphatic heterocycles. The van der Waals surface area contributed by atoms with Crippen LogP contribution < -0.4 is 4.90 Å². The second-order valence-corrected chi connectivity index (χ2v) is 4.99. The third-order valence-corrected chi connectivity index (χ3v) is 3.49. The quantitative estimate of drug-likeness (QED) is 0.879. The molecule has 1 amide bonds. The summed E-state index contributed by atoms with van der Waals surface area (Å²) in [5.74, 6) is -1.06. The van der Waals surface area contributed by atoms with E-state index < -0.39 is 5.97 Å². The van der Waals surface area contributed by atoms with Gasteiger partial charge in [0.1, 0.15) is 0 Å². The number of rotatable bonds is 5. The van der Waals surface area contributed by atoms with Gasteiger partial charge in [0.15, 0.2) is 0 Å². The summed E-state index contributed by atoms with van der Waals surface area (Å²) in [5.41, 5.74) is 1.49. The lowest BCUT2D eigenvalue weighted by molar-refractivity contribution is -0.137. The Bertz CT molecular complexity index is 512. The van der Waals surface area contributed by atoms with Gasteiger partial charge in [-0.2, -0.15) is 0 Å². The zero-order chi connectivity index (χ0) is 15.2. The number of carboxylic acids is 1. The van der Waals surface area contributed by atoms with Gasteiger partial charge >= 0.3 is 5.97 Å². The monoisotopic (exact) mass is 292 g/mol. The topological polar surface area (TPSA) is 70.1 Å². The maximum Gasteiger partial charge on any atom is 0.305 e. The molecule has 1 fully saturated rings. The number of nitrogens with zero attached hydrogens (tertiary/aromatic N) is 2. The van der Waals surface area contributed by atoms with E-state index in [1.165, 1.54) is 4.90 Å². The number of hydrogen-bond acceptors (Lipinski definition) is 4. The summed E-state index contributed by atoms with van der Waals surface area (Å²) in [6.45, 7) is 3.01. The number of morpholine rings is 1. The molecule has 6 nitrogen and oxygen atoms in total. The highest BCUT2D eigenvalue weighted by Gasteiger charge is 2.20. The fourth-order valence-corrected chi connectivity index (χ4v) is 2.31. The fourth-order valence-electron chi connectivity index (χ4n) is 2.31. The maximum absolute atomic E-state index is 12.5. The Morgan fingerprint density at radius 2 is 1.95 bits per heavy atom. The molecule has 0 atom stereocenters. The van der Waals surface area contributed by atoms with Crippen molar-refractivity contribution >= 4 is 17.6 Å². The SMILES string of the molecule is CN(CCC(=O)O)C(=O)c1ccccc1N1CCOCC1. The van der Waals surface area contributed by atoms with Crippen LogP contribution in [-0.4, -0.2) is 61.8 Å². The Morgan fingerprint density at radius 3 is 2.62 bits per heavy atom. The van der Waals surface area contributed by atoms with E-state index >= 15 is 0 Å². The summed E-state index contributed by atoms with van der Waals surface area (Å²) in [6, 6.07) is 7.43. The van der Waals surface area contributed by atoms with Gasteiger partial charge in [0.2, 0.25) is 0 Å². The predicted molar refractivity (Wildman–Crippen MR) is 78.7 cm³/mol. The molecule has 0 aliphatic carbocycles. The fraction of sp³-hybridized carbons (Fsp3) is 0.467. The summed E-state index contributed by atoms with van der Waals surface area (Å²) in [5, 5.41) is 8.71. The van der Waals surface area contributed by atoms with Crippen molar-refractivity contribution in [2.24, 2.45) is 0 Å². The van der Waals surface area contributed by atoms with E-state index in [-0.39, 0.29) is 18.9 Å². The third-order valence-electron chi connectivity index (χ3n) is 3.49. The number of amides is 1. The van der Waals surface area contributed by atoms with Gasteiger partial charge in [-0.15, -0.1) is 0 Å². The molecule has 0 aromatic heterocycles. The Hall–Kier alpha value is -2.08. The average Bonchev–Trinajstić information content (AvgIpc) is 2.52. The van der Waals surface area contributed by atoms with E-state index in [9.17, 15) is 9.59 Å². The minimum Gasteiger partial charge on any atom is -0.481 e. The smallest absolute Gasteiger partial charge is 0.305 e. The molecule has 0 saturated carbocycles. The van der Waals surface area contributed by atoms with Gasteiger partial charge in [0, 0.05) is 32.4 Å². The molecule has 2 rings (SSSR count). The van der Waals surface area contributed by atoms with Gasteiger partial charge in [0.25, 0.3) is 5.91 Å². The Kier molecular flexibility index (Phi) is 5.16. The number of benzene rings is 1. The third kappa shape index (κ3) is 3.95. The maximum atomic E-state index is 12.5.